The SMILES string of the molecule is CCC(C)(C)NCC(C)Oc1cccc2ccc(C)nc12. The maximum absolute atomic E-state index is 6.10. The summed E-state index contributed by atoms with van der Waals surface area (Å²) >= 11 is 0. The summed E-state index contributed by atoms with van der Waals surface area (Å²) in [6.45, 7) is 11.5. The van der Waals surface area contributed by atoms with Crippen molar-refractivity contribution in [3.05, 3.63) is 36.0 Å². The van der Waals surface area contributed by atoms with E-state index >= 15 is 0 Å². The summed E-state index contributed by atoms with van der Waals surface area (Å²) in [5.74, 6) is 0.861. The number of nitrogens with one attached hydrogen (secondary N) is 1. The first-order chi connectivity index (χ1) is 9.91. The van der Waals surface area contributed by atoms with E-state index in [0.717, 1.165) is 35.3 Å². The van der Waals surface area contributed by atoms with Gasteiger partial charge in [0.2, 0.25) is 0 Å². The fourth-order valence-corrected chi connectivity index (χ4v) is 2.12. The van der Waals surface area contributed by atoms with Crippen LogP contribution in [-0.4, -0.2) is 23.2 Å². The molecule has 1 aromatic heterocycles. The molecule has 1 heterocycles. The molecule has 0 amide bonds. The number of benzene rings is 1. The number of aromatic nitrogens is 1. The third-order valence-corrected chi connectivity index (χ3v) is 3.90. The predicted molar refractivity (Wildman–Crippen MR) is 88.9 cm³/mol. The number of rotatable bonds is 6. The lowest BCUT2D eigenvalue weighted by molar-refractivity contribution is 0.201. The van der Waals surface area contributed by atoms with Gasteiger partial charge in [-0.05, 0) is 46.2 Å². The highest BCUT2D eigenvalue weighted by Crippen LogP contribution is 2.24. The molecule has 0 radical (unpaired) electrons. The summed E-state index contributed by atoms with van der Waals surface area (Å²) in [6, 6.07) is 10.2. The number of nitrogens with zero attached hydrogens (tertiary/aromatic N) is 1. The van der Waals surface area contributed by atoms with E-state index in [9.17, 15) is 0 Å². The summed E-state index contributed by atoms with van der Waals surface area (Å²) in [6.07, 6.45) is 1.19. The molecule has 21 heavy (non-hydrogen) atoms. The van der Waals surface area contributed by atoms with E-state index in [4.69, 9.17) is 4.74 Å². The topological polar surface area (TPSA) is 34.1 Å². The molecule has 1 unspecified atom stereocenters. The van der Waals surface area contributed by atoms with Crippen molar-refractivity contribution >= 4 is 10.9 Å². The molecule has 0 saturated carbocycles. The molecule has 1 aromatic carbocycles. The highest BCUT2D eigenvalue weighted by atomic mass is 16.5. The Morgan fingerprint density at radius 3 is 2.71 bits per heavy atom. The second kappa shape index (κ2) is 6.44. The highest BCUT2D eigenvalue weighted by Gasteiger charge is 2.16. The molecule has 1 atom stereocenters. The fourth-order valence-electron chi connectivity index (χ4n) is 2.12. The smallest absolute Gasteiger partial charge is 0.146 e. The third kappa shape index (κ3) is 4.18. The molecule has 3 nitrogen and oxygen atoms in total. The molecular formula is C18H26N2O. The Balaban J connectivity index is 2.11. The molecule has 114 valence electrons. The summed E-state index contributed by atoms with van der Waals surface area (Å²) < 4.78 is 6.10. The summed E-state index contributed by atoms with van der Waals surface area (Å²) in [7, 11) is 0. The quantitative estimate of drug-likeness (QED) is 0.868. The van der Waals surface area contributed by atoms with Gasteiger partial charge in [0.15, 0.2) is 0 Å². The van der Waals surface area contributed by atoms with Gasteiger partial charge in [0.05, 0.1) is 0 Å². The maximum Gasteiger partial charge on any atom is 0.146 e. The van der Waals surface area contributed by atoms with E-state index in [1.165, 1.54) is 0 Å². The minimum absolute atomic E-state index is 0.101. The summed E-state index contributed by atoms with van der Waals surface area (Å²) in [5, 5.41) is 4.66. The van der Waals surface area contributed by atoms with Gasteiger partial charge < -0.3 is 10.1 Å². The molecule has 3 heteroatoms. The van der Waals surface area contributed by atoms with Crippen LogP contribution in [0.2, 0.25) is 0 Å². The molecule has 0 spiro atoms. The van der Waals surface area contributed by atoms with Crippen LogP contribution in [0.15, 0.2) is 30.3 Å². The third-order valence-electron chi connectivity index (χ3n) is 3.90. The molecule has 0 aliphatic rings. The fraction of sp³-hybridized carbons (Fsp3) is 0.500. The Kier molecular flexibility index (Phi) is 4.84. The van der Waals surface area contributed by atoms with Crippen LogP contribution in [0.5, 0.6) is 5.75 Å². The first kappa shape index (κ1) is 15.8. The predicted octanol–water partition coefficient (Wildman–Crippen LogP) is 4.09. The highest BCUT2D eigenvalue weighted by molar-refractivity contribution is 5.84. The van der Waals surface area contributed by atoms with Crippen molar-refractivity contribution < 1.29 is 4.74 Å². The molecule has 0 fully saturated rings. The van der Waals surface area contributed by atoms with Gasteiger partial charge in [-0.3, -0.25) is 0 Å². The second-order valence-electron chi connectivity index (χ2n) is 6.33. The zero-order valence-corrected chi connectivity index (χ0v) is 13.7. The van der Waals surface area contributed by atoms with Gasteiger partial charge in [-0.25, -0.2) is 4.98 Å². The van der Waals surface area contributed by atoms with Crippen molar-refractivity contribution in [1.29, 1.82) is 0 Å². The van der Waals surface area contributed by atoms with Crippen LogP contribution < -0.4 is 10.1 Å². The minimum atomic E-state index is 0.101. The molecule has 1 N–H and O–H groups in total. The van der Waals surface area contributed by atoms with Crippen molar-refractivity contribution in [1.82, 2.24) is 10.3 Å². The molecule has 0 saturated heterocycles. The molecule has 2 rings (SSSR count). The van der Waals surface area contributed by atoms with Crippen molar-refractivity contribution in [2.75, 3.05) is 6.54 Å². The number of ether oxygens (including phenoxy) is 1. The zero-order valence-electron chi connectivity index (χ0n) is 13.7. The standard InChI is InChI=1S/C18H26N2O/c1-6-18(4,5)19-12-14(3)21-16-9-7-8-15-11-10-13(2)20-17(15)16/h7-11,14,19H,6,12H2,1-5H3. The molecule has 0 bridgehead atoms. The zero-order chi connectivity index (χ0) is 15.5. The van der Waals surface area contributed by atoms with Gasteiger partial charge in [0.1, 0.15) is 17.4 Å². The number of hydrogen-bond acceptors (Lipinski definition) is 3. The number of aryl methyl sites for hydroxylation is 1. The van der Waals surface area contributed by atoms with Gasteiger partial charge in [0.25, 0.3) is 0 Å². The Hall–Kier alpha value is -1.61. The average Bonchev–Trinajstić information content (AvgIpc) is 2.46. The van der Waals surface area contributed by atoms with Crippen LogP contribution in [0.4, 0.5) is 0 Å². The van der Waals surface area contributed by atoms with Crippen LogP contribution in [0.1, 0.15) is 39.8 Å². The number of para-hydroxylation sites is 1. The monoisotopic (exact) mass is 286 g/mol. The lowest BCUT2D eigenvalue weighted by Crippen LogP contribution is -2.43. The van der Waals surface area contributed by atoms with Crippen molar-refractivity contribution in [2.24, 2.45) is 0 Å². The number of pyridine rings is 1. The van der Waals surface area contributed by atoms with Crippen LogP contribution >= 0.6 is 0 Å². The number of hydrogen-bond donors (Lipinski definition) is 1. The largest absolute Gasteiger partial charge is 0.487 e. The molecular weight excluding hydrogens is 260 g/mol. The molecule has 0 aliphatic heterocycles. The van der Waals surface area contributed by atoms with Gasteiger partial charge >= 0.3 is 0 Å². The minimum Gasteiger partial charge on any atom is -0.487 e. The van der Waals surface area contributed by atoms with E-state index in [0.29, 0.717) is 0 Å². The van der Waals surface area contributed by atoms with Crippen LogP contribution in [0, 0.1) is 6.92 Å². The van der Waals surface area contributed by atoms with E-state index in [1.807, 2.05) is 25.1 Å². The maximum atomic E-state index is 6.10. The van der Waals surface area contributed by atoms with E-state index in [-0.39, 0.29) is 11.6 Å². The lowest BCUT2D eigenvalue weighted by atomic mass is 10.0. The summed E-state index contributed by atoms with van der Waals surface area (Å²) in [5.41, 5.74) is 2.10. The molecule has 0 aliphatic carbocycles. The van der Waals surface area contributed by atoms with Gasteiger partial charge in [0, 0.05) is 23.2 Å². The van der Waals surface area contributed by atoms with E-state index in [1.54, 1.807) is 0 Å². The van der Waals surface area contributed by atoms with Crippen molar-refractivity contribution in [3.8, 4) is 5.75 Å². The van der Waals surface area contributed by atoms with Crippen molar-refractivity contribution in [2.45, 2.75) is 52.7 Å². The first-order valence-corrected chi connectivity index (χ1v) is 7.69. The Morgan fingerprint density at radius 1 is 1.24 bits per heavy atom. The van der Waals surface area contributed by atoms with E-state index in [2.05, 4.69) is 50.1 Å². The van der Waals surface area contributed by atoms with Crippen LogP contribution in [0.25, 0.3) is 10.9 Å². The average molecular weight is 286 g/mol. The lowest BCUT2D eigenvalue weighted by Gasteiger charge is -2.27. The van der Waals surface area contributed by atoms with Crippen molar-refractivity contribution in [3.63, 3.8) is 0 Å². The van der Waals surface area contributed by atoms with Gasteiger partial charge in [-0.2, -0.15) is 0 Å². The first-order valence-electron chi connectivity index (χ1n) is 7.69. The second-order valence-corrected chi connectivity index (χ2v) is 6.33. The Bertz CT molecular complexity index is 607. The molecule has 2 aromatic rings. The van der Waals surface area contributed by atoms with E-state index < -0.39 is 0 Å². The van der Waals surface area contributed by atoms with Gasteiger partial charge in [-0.15, -0.1) is 0 Å². The normalized spacial score (nSPS) is 13.4. The Labute approximate surface area is 127 Å². The van der Waals surface area contributed by atoms with Gasteiger partial charge in [-0.1, -0.05) is 25.1 Å². The number of fused-ring (bicyclic) bond motifs is 1. The van der Waals surface area contributed by atoms with Crippen LogP contribution in [-0.2, 0) is 0 Å². The summed E-state index contributed by atoms with van der Waals surface area (Å²) in [4.78, 5) is 4.61. The van der Waals surface area contributed by atoms with Crippen LogP contribution in [0.3, 0.4) is 0 Å². The Morgan fingerprint density at radius 2 is 2.00 bits per heavy atom.